The number of halogens is 3. The third kappa shape index (κ3) is 7.53. The van der Waals surface area contributed by atoms with E-state index < -0.39 is 11.7 Å². The summed E-state index contributed by atoms with van der Waals surface area (Å²) < 4.78 is 42.9. The lowest BCUT2D eigenvalue weighted by Gasteiger charge is -2.25. The molecule has 0 spiro atoms. The van der Waals surface area contributed by atoms with Gasteiger partial charge in [0.1, 0.15) is 0 Å². The van der Waals surface area contributed by atoms with Crippen LogP contribution >= 0.6 is 11.8 Å². The molecule has 1 aliphatic rings. The van der Waals surface area contributed by atoms with Gasteiger partial charge in [-0.05, 0) is 36.4 Å². The molecule has 166 valence electrons. The Balaban J connectivity index is 1.42. The number of pyridine rings is 1. The molecule has 0 unspecified atom stereocenters. The fraction of sp³-hybridized carbons (Fsp3) is 0.350. The molecule has 1 aromatic carbocycles. The Bertz CT molecular complexity index is 886. The quantitative estimate of drug-likeness (QED) is 0.626. The van der Waals surface area contributed by atoms with Gasteiger partial charge in [-0.15, -0.1) is 0 Å². The fourth-order valence-corrected chi connectivity index (χ4v) is 3.41. The van der Waals surface area contributed by atoms with Gasteiger partial charge in [-0.25, -0.2) is 4.98 Å². The molecule has 1 aromatic heterocycles. The number of alkyl halides is 3. The van der Waals surface area contributed by atoms with Crippen LogP contribution in [0.4, 0.5) is 24.5 Å². The molecule has 1 saturated heterocycles. The van der Waals surface area contributed by atoms with Gasteiger partial charge in [0.25, 0.3) is 0 Å². The Morgan fingerprint density at radius 1 is 1.00 bits per heavy atom. The zero-order chi connectivity index (χ0) is 22.3. The van der Waals surface area contributed by atoms with Crippen molar-refractivity contribution in [2.75, 3.05) is 49.2 Å². The van der Waals surface area contributed by atoms with E-state index in [2.05, 4.69) is 15.6 Å². The number of nitrogens with zero attached hydrogens (tertiary/aromatic N) is 2. The third-order valence-electron chi connectivity index (χ3n) is 4.34. The van der Waals surface area contributed by atoms with E-state index in [-0.39, 0.29) is 24.1 Å². The van der Waals surface area contributed by atoms with Crippen molar-refractivity contribution >= 4 is 35.0 Å². The van der Waals surface area contributed by atoms with Crippen molar-refractivity contribution in [3.63, 3.8) is 0 Å². The highest BCUT2D eigenvalue weighted by Gasteiger charge is 2.30. The summed E-state index contributed by atoms with van der Waals surface area (Å²) in [6, 6.07) is 8.83. The maximum absolute atomic E-state index is 12.5. The highest BCUT2D eigenvalue weighted by Crippen LogP contribution is 2.29. The molecule has 0 atom stereocenters. The third-order valence-corrected chi connectivity index (χ3v) is 5.28. The number of rotatable bonds is 7. The largest absolute Gasteiger partial charge is 0.417 e. The van der Waals surface area contributed by atoms with Gasteiger partial charge in [0.15, 0.2) is 0 Å². The standard InChI is InChI=1S/C20H21F3N4O3S/c21-20(22,23)14-1-6-19(24-11-14)31-13-18(29)26-16-4-2-15(3-5-16)25-17(28)12-27-7-9-30-10-8-27/h1-6,11H,7-10,12-13H2,(H,25,28)(H,26,29). The number of aromatic nitrogens is 1. The van der Waals surface area contributed by atoms with E-state index in [0.29, 0.717) is 29.6 Å². The predicted octanol–water partition coefficient (Wildman–Crippen LogP) is 3.10. The van der Waals surface area contributed by atoms with E-state index in [0.717, 1.165) is 37.1 Å². The molecule has 0 bridgehead atoms. The smallest absolute Gasteiger partial charge is 0.379 e. The van der Waals surface area contributed by atoms with Crippen LogP contribution in [-0.4, -0.2) is 60.3 Å². The van der Waals surface area contributed by atoms with Gasteiger partial charge >= 0.3 is 6.18 Å². The molecule has 7 nitrogen and oxygen atoms in total. The normalized spacial score (nSPS) is 14.8. The molecule has 2 amide bonds. The summed E-state index contributed by atoms with van der Waals surface area (Å²) in [7, 11) is 0. The van der Waals surface area contributed by atoms with E-state index in [1.54, 1.807) is 24.3 Å². The maximum Gasteiger partial charge on any atom is 0.417 e. The van der Waals surface area contributed by atoms with Gasteiger partial charge in [-0.3, -0.25) is 14.5 Å². The number of hydrogen-bond acceptors (Lipinski definition) is 6. The molecule has 31 heavy (non-hydrogen) atoms. The number of carbonyl (C=O) groups excluding carboxylic acids is 2. The lowest BCUT2D eigenvalue weighted by molar-refractivity contribution is -0.137. The Morgan fingerprint density at radius 3 is 2.16 bits per heavy atom. The second kappa shape index (κ2) is 10.6. The number of amides is 2. The van der Waals surface area contributed by atoms with Crippen molar-refractivity contribution in [2.45, 2.75) is 11.2 Å². The fourth-order valence-electron chi connectivity index (χ4n) is 2.77. The second-order valence-corrected chi connectivity index (χ2v) is 7.73. The van der Waals surface area contributed by atoms with Crippen LogP contribution in [0.1, 0.15) is 5.56 Å². The Morgan fingerprint density at radius 2 is 1.61 bits per heavy atom. The van der Waals surface area contributed by atoms with Crippen LogP contribution in [0.15, 0.2) is 47.6 Å². The highest BCUT2D eigenvalue weighted by atomic mass is 32.2. The van der Waals surface area contributed by atoms with Gasteiger partial charge in [0.2, 0.25) is 11.8 Å². The maximum atomic E-state index is 12.5. The number of carbonyl (C=O) groups is 2. The Hall–Kier alpha value is -2.63. The van der Waals surface area contributed by atoms with Crippen molar-refractivity contribution in [3.05, 3.63) is 48.2 Å². The zero-order valence-corrected chi connectivity index (χ0v) is 17.3. The molecule has 0 aliphatic carbocycles. The lowest BCUT2D eigenvalue weighted by Crippen LogP contribution is -2.41. The SMILES string of the molecule is O=C(CSc1ccc(C(F)(F)F)cn1)Nc1ccc(NC(=O)CN2CCOCC2)cc1. The summed E-state index contributed by atoms with van der Waals surface area (Å²) in [6.07, 6.45) is -3.70. The first-order chi connectivity index (χ1) is 14.8. The van der Waals surface area contributed by atoms with Crippen LogP contribution in [-0.2, 0) is 20.5 Å². The first-order valence-corrected chi connectivity index (χ1v) is 10.4. The van der Waals surface area contributed by atoms with Crippen LogP contribution < -0.4 is 10.6 Å². The molecule has 2 heterocycles. The van der Waals surface area contributed by atoms with E-state index in [4.69, 9.17) is 4.74 Å². The van der Waals surface area contributed by atoms with Gasteiger partial charge < -0.3 is 15.4 Å². The predicted molar refractivity (Wildman–Crippen MR) is 111 cm³/mol. The molecule has 0 radical (unpaired) electrons. The summed E-state index contributed by atoms with van der Waals surface area (Å²) in [5.41, 5.74) is 0.315. The minimum absolute atomic E-state index is 0.00357. The molecule has 1 aliphatic heterocycles. The Kier molecular flexibility index (Phi) is 7.88. The highest BCUT2D eigenvalue weighted by molar-refractivity contribution is 7.99. The lowest BCUT2D eigenvalue weighted by atomic mass is 10.2. The van der Waals surface area contributed by atoms with Crippen LogP contribution in [0.5, 0.6) is 0 Å². The van der Waals surface area contributed by atoms with Crippen LogP contribution in [0.25, 0.3) is 0 Å². The zero-order valence-electron chi connectivity index (χ0n) is 16.4. The van der Waals surface area contributed by atoms with E-state index in [9.17, 15) is 22.8 Å². The summed E-state index contributed by atoms with van der Waals surface area (Å²) in [6.45, 7) is 2.97. The molecular weight excluding hydrogens is 433 g/mol. The van der Waals surface area contributed by atoms with Crippen molar-refractivity contribution in [1.29, 1.82) is 0 Å². The van der Waals surface area contributed by atoms with E-state index >= 15 is 0 Å². The Labute approximate surface area is 181 Å². The molecule has 2 aromatic rings. The minimum Gasteiger partial charge on any atom is -0.379 e. The van der Waals surface area contributed by atoms with E-state index in [1.807, 2.05) is 4.90 Å². The van der Waals surface area contributed by atoms with Crippen molar-refractivity contribution < 1.29 is 27.5 Å². The first kappa shape index (κ1) is 23.0. The van der Waals surface area contributed by atoms with E-state index in [1.165, 1.54) is 6.07 Å². The molecule has 1 fully saturated rings. The van der Waals surface area contributed by atoms with Gasteiger partial charge in [-0.2, -0.15) is 13.2 Å². The van der Waals surface area contributed by atoms with Gasteiger partial charge in [0.05, 0.1) is 36.1 Å². The molecule has 11 heteroatoms. The number of thioether (sulfide) groups is 1. The van der Waals surface area contributed by atoms with Crippen LogP contribution in [0.3, 0.4) is 0 Å². The number of morpholine rings is 1. The summed E-state index contributed by atoms with van der Waals surface area (Å²) in [5.74, 6) is -0.453. The topological polar surface area (TPSA) is 83.6 Å². The molecular formula is C20H21F3N4O3S. The van der Waals surface area contributed by atoms with Crippen molar-refractivity contribution in [1.82, 2.24) is 9.88 Å². The first-order valence-electron chi connectivity index (χ1n) is 9.45. The van der Waals surface area contributed by atoms with Crippen LogP contribution in [0.2, 0.25) is 0 Å². The number of nitrogens with one attached hydrogen (secondary N) is 2. The summed E-state index contributed by atoms with van der Waals surface area (Å²) in [5, 5.41) is 5.82. The number of anilines is 2. The monoisotopic (exact) mass is 454 g/mol. The van der Waals surface area contributed by atoms with Gasteiger partial charge in [-0.1, -0.05) is 11.8 Å². The molecule has 0 saturated carbocycles. The summed E-state index contributed by atoms with van der Waals surface area (Å²) >= 11 is 1.03. The van der Waals surface area contributed by atoms with Crippen molar-refractivity contribution in [3.8, 4) is 0 Å². The minimum atomic E-state index is -4.44. The number of ether oxygens (including phenoxy) is 1. The summed E-state index contributed by atoms with van der Waals surface area (Å²) in [4.78, 5) is 29.9. The van der Waals surface area contributed by atoms with Gasteiger partial charge in [0, 0.05) is 30.7 Å². The van der Waals surface area contributed by atoms with Crippen LogP contribution in [0, 0.1) is 0 Å². The number of benzene rings is 1. The second-order valence-electron chi connectivity index (χ2n) is 6.73. The average Bonchev–Trinajstić information content (AvgIpc) is 2.74. The molecule has 3 rings (SSSR count). The number of hydrogen-bond donors (Lipinski definition) is 2. The average molecular weight is 454 g/mol. The molecule has 2 N–H and O–H groups in total. The van der Waals surface area contributed by atoms with Crippen molar-refractivity contribution in [2.24, 2.45) is 0 Å².